The summed E-state index contributed by atoms with van der Waals surface area (Å²) in [5.41, 5.74) is 9.32. The van der Waals surface area contributed by atoms with Crippen LogP contribution in [0.1, 0.15) is 134 Å². The average Bonchev–Trinajstić information content (AvgIpc) is 3.83. The van der Waals surface area contributed by atoms with Crippen molar-refractivity contribution < 1.29 is 30.6 Å². The second-order valence-electron chi connectivity index (χ2n) is 26.4. The molecule has 3 aliphatic heterocycles. The van der Waals surface area contributed by atoms with Crippen LogP contribution in [0.15, 0.2) is 121 Å². The molecule has 6 aromatic rings. The number of likely N-dealkylation sites (N-methyl/N-ethyl adjacent to an activating group) is 1. The number of rotatable bonds is 9. The van der Waals surface area contributed by atoms with Crippen LogP contribution in [0.25, 0.3) is 22.9 Å². The standard InChI is InChI=1S/C69H77N5O6/c1-70-37-43-32-50(41-7-3-2-4-8-41)55-36-66(35-54(43)73-55)34-53(42-17-12-39(13-18-42)14-24-49-47(23-15-40-16-26-56(75)59(78)31-40)48-10-5-11-57(76)60(48)62(80)61(49)79)74-64-51(66)33-46-20-19-45-21-25-52-65(72-38-71-52)69(64)63-58(77)27-22-44-9-6-28-67(44,63)29-30-68(45,46)69/h2-5,7-8,10-13,15-18,22-23,26-27,31-32,38,44-46,50-51,53-55,58,63-64,70,73-80H,6,9,14,19-21,24-25,28-30,33-37H2,1H3,(H,71,72). The van der Waals surface area contributed by atoms with Crippen LogP contribution in [-0.2, 0) is 24.7 Å². The Balaban J connectivity index is 0.853. The minimum atomic E-state index is -0.547. The van der Waals surface area contributed by atoms with Gasteiger partial charge in [0.1, 0.15) is 5.75 Å². The number of fused-ring (bicyclic) bond motifs is 6. The molecule has 0 amide bonds. The van der Waals surface area contributed by atoms with Gasteiger partial charge in [-0.05, 0) is 194 Å². The molecule has 5 aromatic carbocycles. The van der Waals surface area contributed by atoms with E-state index in [9.17, 15) is 30.6 Å². The summed E-state index contributed by atoms with van der Waals surface area (Å²) in [5, 5.41) is 81.1. The minimum absolute atomic E-state index is 0.0233. The average molecular weight is 1070 g/mol. The normalized spacial score (nSPS) is 36.4. The number of aromatic nitrogens is 2. The van der Waals surface area contributed by atoms with Crippen molar-refractivity contribution in [3.8, 4) is 28.7 Å². The SMILES string of the molecule is CNCC1=CC(c2ccccc2)C2CC3(CC1N2)CC(c1ccc(CCc2c(O)c(O)c4c(O)cccc4c2C=Cc2ccc(O)c(O)c2)cc1)NC1C3CC2CCC3CCc4[nH]cnc4C14C1C(O)C=CC5CCCC51CCC324. The van der Waals surface area contributed by atoms with E-state index in [1.165, 1.54) is 104 Å². The molecule has 11 nitrogen and oxygen atoms in total. The minimum Gasteiger partial charge on any atom is -0.507 e. The van der Waals surface area contributed by atoms with Crippen LogP contribution in [0, 0.1) is 45.8 Å². The molecule has 3 spiro atoms. The Bertz CT molecular complexity index is 3500. The van der Waals surface area contributed by atoms with Gasteiger partial charge < -0.3 is 51.6 Å². The number of phenolic OH excluding ortho intramolecular Hbond substituents is 5. The van der Waals surface area contributed by atoms with Crippen LogP contribution in [0.3, 0.4) is 0 Å². The van der Waals surface area contributed by atoms with Crippen molar-refractivity contribution in [2.24, 2.45) is 45.8 Å². The predicted octanol–water partition coefficient (Wildman–Crippen LogP) is 11.5. The van der Waals surface area contributed by atoms with Gasteiger partial charge in [-0.2, -0.15) is 0 Å². The predicted molar refractivity (Wildman–Crippen MR) is 312 cm³/mol. The number of aromatic hydroxyl groups is 5. The number of piperidine rings is 2. The van der Waals surface area contributed by atoms with E-state index in [1.807, 2.05) is 18.5 Å². The molecule has 2 bridgehead atoms. The molecule has 15 atom stereocenters. The molecular weight excluding hydrogens is 995 g/mol. The maximum atomic E-state index is 13.3. The van der Waals surface area contributed by atoms with E-state index >= 15 is 0 Å². The molecule has 15 unspecified atom stereocenters. The summed E-state index contributed by atoms with van der Waals surface area (Å²) in [4.78, 5) is 9.48. The number of aryl methyl sites for hydroxylation is 2. The van der Waals surface area contributed by atoms with E-state index in [4.69, 9.17) is 10.3 Å². The molecule has 4 saturated carbocycles. The molecule has 1 aromatic heterocycles. The molecule has 80 heavy (non-hydrogen) atoms. The zero-order valence-electron chi connectivity index (χ0n) is 45.9. The number of aromatic amines is 1. The number of hydrogen-bond acceptors (Lipinski definition) is 10. The summed E-state index contributed by atoms with van der Waals surface area (Å²) in [7, 11) is 2.09. The lowest BCUT2D eigenvalue weighted by molar-refractivity contribution is -0.229. The molecular formula is C69H77N5O6. The van der Waals surface area contributed by atoms with E-state index in [0.717, 1.165) is 37.8 Å². The van der Waals surface area contributed by atoms with Gasteiger partial charge >= 0.3 is 0 Å². The highest BCUT2D eigenvalue weighted by Crippen LogP contribution is 2.81. The molecule has 10 N–H and O–H groups in total. The van der Waals surface area contributed by atoms with Crippen LogP contribution in [0.5, 0.6) is 28.7 Å². The van der Waals surface area contributed by atoms with Crippen LogP contribution in [0.4, 0.5) is 0 Å². The lowest BCUT2D eigenvalue weighted by atomic mass is 9.30. The molecule has 2 saturated heterocycles. The molecule has 11 heteroatoms. The number of aliphatic hydroxyl groups is 1. The third-order valence-corrected chi connectivity index (χ3v) is 23.4. The number of nitrogens with zero attached hydrogens (tertiary/aromatic N) is 1. The van der Waals surface area contributed by atoms with Gasteiger partial charge in [0.2, 0.25) is 0 Å². The third kappa shape index (κ3) is 7.21. The molecule has 6 aliphatic carbocycles. The van der Waals surface area contributed by atoms with E-state index in [-0.39, 0.29) is 91.8 Å². The highest BCUT2D eigenvalue weighted by molar-refractivity contribution is 6.03. The Labute approximate surface area is 469 Å². The van der Waals surface area contributed by atoms with Gasteiger partial charge in [-0.3, -0.25) is 0 Å². The van der Waals surface area contributed by atoms with Crippen LogP contribution >= 0.6 is 0 Å². The van der Waals surface area contributed by atoms with Crippen LogP contribution < -0.4 is 16.0 Å². The molecule has 6 fully saturated rings. The Kier molecular flexibility index (Phi) is 11.9. The number of imidazole rings is 1. The Morgan fingerprint density at radius 3 is 2.41 bits per heavy atom. The number of phenols is 5. The number of allylic oxidation sites excluding steroid dienone is 1. The quantitative estimate of drug-likeness (QED) is 0.0380. The Hall–Kier alpha value is -6.37. The fraction of sp³-hybridized carbons (Fsp3) is 0.464. The van der Waals surface area contributed by atoms with Crippen molar-refractivity contribution in [3.05, 3.63) is 166 Å². The highest BCUT2D eigenvalue weighted by atomic mass is 16.3. The zero-order valence-corrected chi connectivity index (χ0v) is 45.9. The van der Waals surface area contributed by atoms with Crippen molar-refractivity contribution in [1.82, 2.24) is 25.9 Å². The third-order valence-electron chi connectivity index (χ3n) is 23.4. The second kappa shape index (κ2) is 18.8. The Morgan fingerprint density at radius 2 is 1.57 bits per heavy atom. The van der Waals surface area contributed by atoms with Crippen molar-refractivity contribution >= 4 is 22.9 Å². The molecule has 0 radical (unpaired) electrons. The van der Waals surface area contributed by atoms with Gasteiger partial charge in [-0.15, -0.1) is 0 Å². The maximum absolute atomic E-state index is 13.3. The number of H-pyrrole nitrogens is 1. The maximum Gasteiger partial charge on any atom is 0.169 e. The number of nitrogens with one attached hydrogen (secondary N) is 4. The first kappa shape index (κ1) is 50.6. The van der Waals surface area contributed by atoms with Crippen molar-refractivity contribution in [2.75, 3.05) is 13.6 Å². The Morgan fingerprint density at radius 1 is 0.738 bits per heavy atom. The van der Waals surface area contributed by atoms with Crippen molar-refractivity contribution in [3.63, 3.8) is 0 Å². The monoisotopic (exact) mass is 1070 g/mol. The lowest BCUT2D eigenvalue weighted by Gasteiger charge is -2.75. The van der Waals surface area contributed by atoms with E-state index in [2.05, 4.69) is 95.5 Å². The zero-order chi connectivity index (χ0) is 54.3. The number of aliphatic hydroxyl groups excluding tert-OH is 1. The summed E-state index contributed by atoms with van der Waals surface area (Å²) >= 11 is 0. The first-order chi connectivity index (χ1) is 39.0. The molecule has 4 heterocycles. The molecule has 9 aliphatic rings. The van der Waals surface area contributed by atoms with Gasteiger partial charge in [-0.25, -0.2) is 4.98 Å². The van der Waals surface area contributed by atoms with Crippen molar-refractivity contribution in [1.29, 1.82) is 0 Å². The first-order valence-corrected chi connectivity index (χ1v) is 30.2. The first-order valence-electron chi connectivity index (χ1n) is 30.2. The summed E-state index contributed by atoms with van der Waals surface area (Å²) < 4.78 is 0. The lowest BCUT2D eigenvalue weighted by Crippen LogP contribution is -2.79. The van der Waals surface area contributed by atoms with E-state index in [1.54, 1.807) is 18.2 Å². The highest BCUT2D eigenvalue weighted by Gasteiger charge is 2.81. The van der Waals surface area contributed by atoms with Crippen molar-refractivity contribution in [2.45, 2.75) is 138 Å². The van der Waals surface area contributed by atoms with Gasteiger partial charge in [0, 0.05) is 59.2 Å². The molecule has 414 valence electrons. The van der Waals surface area contributed by atoms with Crippen LogP contribution in [-0.4, -0.2) is 78.4 Å². The largest absolute Gasteiger partial charge is 0.507 e. The van der Waals surface area contributed by atoms with Gasteiger partial charge in [0.05, 0.1) is 23.5 Å². The van der Waals surface area contributed by atoms with E-state index < -0.39 is 6.10 Å². The van der Waals surface area contributed by atoms with E-state index in [0.29, 0.717) is 58.6 Å². The molecule has 15 rings (SSSR count). The fourth-order valence-electron chi connectivity index (χ4n) is 20.6. The number of benzene rings is 5. The van der Waals surface area contributed by atoms with Gasteiger partial charge in [0.15, 0.2) is 23.0 Å². The fourth-order valence-corrected chi connectivity index (χ4v) is 20.6. The summed E-state index contributed by atoms with van der Waals surface area (Å²) in [6, 6.07) is 30.8. The number of hydrogen-bond donors (Lipinski definition) is 10. The summed E-state index contributed by atoms with van der Waals surface area (Å²) in [6.45, 7) is 0.847. The summed E-state index contributed by atoms with van der Waals surface area (Å²) in [5.74, 6) is 1.08. The van der Waals surface area contributed by atoms with Crippen LogP contribution in [0.2, 0.25) is 0 Å². The topological polar surface area (TPSA) is 186 Å². The second-order valence-corrected chi connectivity index (χ2v) is 26.4. The van der Waals surface area contributed by atoms with Gasteiger partial charge in [0.25, 0.3) is 0 Å². The summed E-state index contributed by atoms with van der Waals surface area (Å²) in [6.07, 6.45) is 28.6. The van der Waals surface area contributed by atoms with Gasteiger partial charge in [-0.1, -0.05) is 110 Å². The smallest absolute Gasteiger partial charge is 0.169 e.